The van der Waals surface area contributed by atoms with Crippen LogP contribution in [0.2, 0.25) is 0 Å². The summed E-state index contributed by atoms with van der Waals surface area (Å²) in [5.41, 5.74) is 5.32. The monoisotopic (exact) mass is 406 g/mol. The molecule has 14 nitrogen and oxygen atoms in total. The number of aliphatic hydroxyl groups is 1. The van der Waals surface area contributed by atoms with Crippen molar-refractivity contribution >= 4 is 35.6 Å². The molecule has 0 bridgehead atoms. The Balaban J connectivity index is 5.12. The van der Waals surface area contributed by atoms with Gasteiger partial charge in [-0.3, -0.25) is 28.8 Å². The van der Waals surface area contributed by atoms with Gasteiger partial charge in [-0.15, -0.1) is 0 Å². The summed E-state index contributed by atoms with van der Waals surface area (Å²) in [5, 5.41) is 41.3. The maximum atomic E-state index is 12.1. The van der Waals surface area contributed by atoms with Crippen molar-refractivity contribution in [3.63, 3.8) is 0 Å². The lowest BCUT2D eigenvalue weighted by Crippen LogP contribution is -2.58. The van der Waals surface area contributed by atoms with E-state index in [-0.39, 0.29) is 0 Å². The molecule has 0 aliphatic heterocycles. The van der Waals surface area contributed by atoms with E-state index in [1.165, 1.54) is 0 Å². The van der Waals surface area contributed by atoms with Crippen molar-refractivity contribution in [2.24, 2.45) is 5.73 Å². The summed E-state index contributed by atoms with van der Waals surface area (Å²) in [6.07, 6.45) is -1.66. The Hall–Kier alpha value is -3.26. The Bertz CT molecular complexity index is 638. The molecule has 0 aromatic heterocycles. The molecule has 0 heterocycles. The van der Waals surface area contributed by atoms with Crippen molar-refractivity contribution in [1.82, 2.24) is 16.0 Å². The number of hydrogen-bond donors (Lipinski definition) is 8. The van der Waals surface area contributed by atoms with Crippen LogP contribution >= 0.6 is 0 Å². The van der Waals surface area contributed by atoms with E-state index >= 15 is 0 Å². The molecule has 0 aromatic carbocycles. The average molecular weight is 406 g/mol. The summed E-state index contributed by atoms with van der Waals surface area (Å²) >= 11 is 0. The summed E-state index contributed by atoms with van der Waals surface area (Å²) in [6, 6.07) is -6.25. The number of aliphatic hydroxyl groups excluding tert-OH is 1. The van der Waals surface area contributed by atoms with Gasteiger partial charge >= 0.3 is 17.9 Å². The third kappa shape index (κ3) is 8.91. The largest absolute Gasteiger partial charge is 0.481 e. The molecule has 0 rings (SSSR count). The second-order valence-corrected chi connectivity index (χ2v) is 5.68. The number of nitrogens with two attached hydrogens (primary N) is 1. The summed E-state index contributed by atoms with van der Waals surface area (Å²) in [5.74, 6) is -7.62. The van der Waals surface area contributed by atoms with Crippen molar-refractivity contribution in [3.8, 4) is 0 Å². The summed E-state index contributed by atoms with van der Waals surface area (Å²) < 4.78 is 0. The van der Waals surface area contributed by atoms with Crippen LogP contribution in [0.25, 0.3) is 0 Å². The highest BCUT2D eigenvalue weighted by molar-refractivity contribution is 5.96. The molecule has 9 N–H and O–H groups in total. The maximum absolute atomic E-state index is 12.1. The van der Waals surface area contributed by atoms with Gasteiger partial charge in [-0.25, -0.2) is 0 Å². The van der Waals surface area contributed by atoms with Gasteiger partial charge in [-0.2, -0.15) is 0 Å². The third-order valence-electron chi connectivity index (χ3n) is 3.29. The molecule has 0 radical (unpaired) electrons. The molecule has 0 aromatic rings. The lowest BCUT2D eigenvalue weighted by atomic mass is 10.1. The van der Waals surface area contributed by atoms with Crippen molar-refractivity contribution in [2.75, 3.05) is 6.61 Å². The Morgan fingerprint density at radius 1 is 0.786 bits per heavy atom. The lowest BCUT2D eigenvalue weighted by molar-refractivity contribution is -0.143. The second kappa shape index (κ2) is 11.5. The minimum Gasteiger partial charge on any atom is -0.481 e. The molecule has 158 valence electrons. The van der Waals surface area contributed by atoms with Crippen molar-refractivity contribution in [3.05, 3.63) is 0 Å². The van der Waals surface area contributed by atoms with Gasteiger partial charge in [0, 0.05) is 0 Å². The highest BCUT2D eigenvalue weighted by Crippen LogP contribution is 1.98. The molecule has 3 amide bonds. The van der Waals surface area contributed by atoms with Crippen LogP contribution in [0.4, 0.5) is 0 Å². The smallest absolute Gasteiger partial charge is 0.325 e. The fourth-order valence-corrected chi connectivity index (χ4v) is 1.79. The van der Waals surface area contributed by atoms with Gasteiger partial charge < -0.3 is 42.1 Å². The first-order valence-electron chi connectivity index (χ1n) is 7.83. The summed E-state index contributed by atoms with van der Waals surface area (Å²) in [4.78, 5) is 68.1. The van der Waals surface area contributed by atoms with E-state index in [9.17, 15) is 33.9 Å². The minimum absolute atomic E-state index is 0.747. The molecule has 0 spiro atoms. The predicted octanol–water partition coefficient (Wildman–Crippen LogP) is -4.19. The number of aliphatic carboxylic acids is 3. The van der Waals surface area contributed by atoms with E-state index < -0.39 is 79.2 Å². The number of carbonyl (C=O) groups is 6. The third-order valence-corrected chi connectivity index (χ3v) is 3.29. The van der Waals surface area contributed by atoms with Crippen LogP contribution in [0, 0.1) is 0 Å². The summed E-state index contributed by atoms with van der Waals surface area (Å²) in [7, 11) is 0. The molecular weight excluding hydrogens is 384 g/mol. The fraction of sp³-hybridized carbons (Fsp3) is 0.571. The number of nitrogens with one attached hydrogen (secondary N) is 3. The molecule has 4 unspecified atom stereocenters. The number of rotatable bonds is 12. The first kappa shape index (κ1) is 24.7. The van der Waals surface area contributed by atoms with Crippen LogP contribution in [-0.2, 0) is 28.8 Å². The molecule has 0 saturated carbocycles. The van der Waals surface area contributed by atoms with Gasteiger partial charge in [-0.05, 0) is 6.92 Å². The van der Waals surface area contributed by atoms with Gasteiger partial charge in [0.15, 0.2) is 0 Å². The van der Waals surface area contributed by atoms with Crippen LogP contribution < -0.4 is 21.7 Å². The van der Waals surface area contributed by atoms with Crippen LogP contribution in [0.15, 0.2) is 0 Å². The fourth-order valence-electron chi connectivity index (χ4n) is 1.79. The quantitative estimate of drug-likeness (QED) is 0.154. The highest BCUT2D eigenvalue weighted by atomic mass is 16.4. The first-order valence-corrected chi connectivity index (χ1v) is 7.83. The average Bonchev–Trinajstić information content (AvgIpc) is 2.57. The predicted molar refractivity (Wildman–Crippen MR) is 88.7 cm³/mol. The Labute approximate surface area is 158 Å². The maximum Gasteiger partial charge on any atom is 0.325 e. The number of hydrogen-bond acceptors (Lipinski definition) is 8. The zero-order valence-electron chi connectivity index (χ0n) is 14.7. The van der Waals surface area contributed by atoms with Crippen LogP contribution in [0.5, 0.6) is 0 Å². The first-order chi connectivity index (χ1) is 12.9. The number of carboxylic acid groups (broad SMARTS) is 3. The SMILES string of the molecule is CC(NC(=O)C(CC(=O)O)NC(=O)C(CO)NC(=O)C(N)CC(=O)O)C(=O)O. The Kier molecular flexibility index (Phi) is 10.1. The molecule has 4 atom stereocenters. The normalized spacial score (nSPS) is 14.7. The standard InChI is InChI=1S/C14H22N4O10/c1-5(14(27)28)16-12(25)7(3-10(22)23)17-13(26)8(4-19)18-11(24)6(15)2-9(20)21/h5-8,19H,2-4,15H2,1H3,(H,16,25)(H,17,26)(H,18,24)(H,20,21)(H,22,23)(H,27,28). The van der Waals surface area contributed by atoms with E-state index in [0.717, 1.165) is 6.92 Å². The van der Waals surface area contributed by atoms with Crippen molar-refractivity contribution < 1.29 is 49.2 Å². The van der Waals surface area contributed by atoms with E-state index in [4.69, 9.17) is 21.1 Å². The van der Waals surface area contributed by atoms with Gasteiger partial charge in [0.25, 0.3) is 0 Å². The molecular formula is C14H22N4O10. The van der Waals surface area contributed by atoms with Crippen LogP contribution in [0.3, 0.4) is 0 Å². The molecule has 0 saturated heterocycles. The number of carboxylic acids is 3. The zero-order valence-corrected chi connectivity index (χ0v) is 14.7. The lowest BCUT2D eigenvalue weighted by Gasteiger charge is -2.22. The van der Waals surface area contributed by atoms with Gasteiger partial charge in [0.05, 0.1) is 25.5 Å². The molecule has 0 aliphatic carbocycles. The summed E-state index contributed by atoms with van der Waals surface area (Å²) in [6.45, 7) is 0.144. The minimum atomic E-state index is -1.70. The van der Waals surface area contributed by atoms with Gasteiger partial charge in [-0.1, -0.05) is 0 Å². The Morgan fingerprint density at radius 3 is 1.68 bits per heavy atom. The van der Waals surface area contributed by atoms with Crippen molar-refractivity contribution in [1.29, 1.82) is 0 Å². The number of carbonyl (C=O) groups excluding carboxylic acids is 3. The van der Waals surface area contributed by atoms with Crippen LogP contribution in [-0.4, -0.2) is 86.8 Å². The molecule has 28 heavy (non-hydrogen) atoms. The highest BCUT2D eigenvalue weighted by Gasteiger charge is 2.30. The van der Waals surface area contributed by atoms with E-state index in [0.29, 0.717) is 0 Å². The topological polar surface area (TPSA) is 245 Å². The van der Waals surface area contributed by atoms with Gasteiger partial charge in [0.1, 0.15) is 18.1 Å². The second-order valence-electron chi connectivity index (χ2n) is 5.68. The molecule has 0 fully saturated rings. The van der Waals surface area contributed by atoms with Crippen molar-refractivity contribution in [2.45, 2.75) is 43.9 Å². The van der Waals surface area contributed by atoms with E-state index in [2.05, 4.69) is 0 Å². The van der Waals surface area contributed by atoms with E-state index in [1.807, 2.05) is 16.0 Å². The van der Waals surface area contributed by atoms with E-state index in [1.54, 1.807) is 0 Å². The molecule has 0 aliphatic rings. The number of amides is 3. The molecule has 14 heteroatoms. The zero-order chi connectivity index (χ0) is 22.0. The van der Waals surface area contributed by atoms with Crippen LogP contribution in [0.1, 0.15) is 19.8 Å². The van der Waals surface area contributed by atoms with Gasteiger partial charge in [0.2, 0.25) is 17.7 Å². The Morgan fingerprint density at radius 2 is 1.25 bits per heavy atom.